The lowest BCUT2D eigenvalue weighted by Crippen LogP contribution is -2.26. The summed E-state index contributed by atoms with van der Waals surface area (Å²) >= 11 is 0. The van der Waals surface area contributed by atoms with Gasteiger partial charge in [-0.25, -0.2) is 0 Å². The predicted molar refractivity (Wildman–Crippen MR) is 47.6 cm³/mol. The molecule has 0 aliphatic carbocycles. The van der Waals surface area contributed by atoms with Gasteiger partial charge in [-0.05, 0) is 19.8 Å². The Morgan fingerprint density at radius 2 is 2.08 bits per heavy atom. The monoisotopic (exact) mass is 195 g/mol. The van der Waals surface area contributed by atoms with Crippen molar-refractivity contribution >= 4 is 0 Å². The Balaban J connectivity index is 3.36. The molecule has 0 aromatic heterocycles. The Morgan fingerprint density at radius 1 is 1.46 bits per heavy atom. The minimum atomic E-state index is -4.02. The van der Waals surface area contributed by atoms with Crippen molar-refractivity contribution in [3.8, 4) is 0 Å². The summed E-state index contributed by atoms with van der Waals surface area (Å²) in [6.07, 6.45) is -2.27. The van der Waals surface area contributed by atoms with E-state index in [1.807, 2.05) is 6.92 Å². The molecular formula is C9H16F3N. The molecule has 0 aromatic rings. The van der Waals surface area contributed by atoms with Gasteiger partial charge in [-0.3, -0.25) is 0 Å². The Morgan fingerprint density at radius 3 is 2.54 bits per heavy atom. The fourth-order valence-electron chi connectivity index (χ4n) is 0.995. The van der Waals surface area contributed by atoms with Crippen LogP contribution in [0.2, 0.25) is 0 Å². The summed E-state index contributed by atoms with van der Waals surface area (Å²) in [6, 6.07) is 0.125. The van der Waals surface area contributed by atoms with E-state index in [9.17, 15) is 13.2 Å². The van der Waals surface area contributed by atoms with Gasteiger partial charge in [-0.1, -0.05) is 6.08 Å². The largest absolute Gasteiger partial charge is 0.389 e. The van der Waals surface area contributed by atoms with Gasteiger partial charge in [-0.15, -0.1) is 6.58 Å². The molecule has 0 spiro atoms. The first-order valence-electron chi connectivity index (χ1n) is 4.36. The number of rotatable bonds is 6. The van der Waals surface area contributed by atoms with Crippen molar-refractivity contribution in [1.29, 1.82) is 0 Å². The molecule has 0 aromatic carbocycles. The number of hydrogen-bond donors (Lipinski definition) is 1. The minimum Gasteiger partial charge on any atom is -0.311 e. The van der Waals surface area contributed by atoms with E-state index in [-0.39, 0.29) is 12.5 Å². The van der Waals surface area contributed by atoms with Gasteiger partial charge >= 0.3 is 6.18 Å². The first-order valence-corrected chi connectivity index (χ1v) is 4.36. The number of alkyl halides is 3. The van der Waals surface area contributed by atoms with Gasteiger partial charge in [0.1, 0.15) is 0 Å². The zero-order chi connectivity index (χ0) is 10.3. The first-order chi connectivity index (χ1) is 5.95. The number of nitrogens with one attached hydrogen (secondary N) is 1. The molecule has 0 rings (SSSR count). The Labute approximate surface area is 77.0 Å². The second kappa shape index (κ2) is 6.02. The van der Waals surface area contributed by atoms with Crippen molar-refractivity contribution in [2.24, 2.45) is 0 Å². The van der Waals surface area contributed by atoms with E-state index in [0.29, 0.717) is 13.0 Å². The summed E-state index contributed by atoms with van der Waals surface area (Å²) in [7, 11) is 0. The van der Waals surface area contributed by atoms with E-state index in [1.165, 1.54) is 0 Å². The molecule has 0 fully saturated rings. The molecular weight excluding hydrogens is 179 g/mol. The molecule has 0 heterocycles. The standard InChI is InChI=1S/C9H16F3N/c1-3-7-13-8(2)5-4-6-9(10,11)12/h3,8,13H,1,4-7H2,2H3. The third kappa shape index (κ3) is 9.40. The van der Waals surface area contributed by atoms with Gasteiger partial charge in [0.25, 0.3) is 0 Å². The van der Waals surface area contributed by atoms with E-state index in [4.69, 9.17) is 0 Å². The van der Waals surface area contributed by atoms with E-state index in [1.54, 1.807) is 6.08 Å². The highest BCUT2D eigenvalue weighted by molar-refractivity contribution is 4.73. The van der Waals surface area contributed by atoms with Crippen LogP contribution in [-0.2, 0) is 0 Å². The van der Waals surface area contributed by atoms with Crippen molar-refractivity contribution in [2.75, 3.05) is 6.54 Å². The summed E-state index contributed by atoms with van der Waals surface area (Å²) < 4.78 is 35.2. The molecule has 78 valence electrons. The lowest BCUT2D eigenvalue weighted by molar-refractivity contribution is -0.135. The molecule has 1 nitrogen and oxygen atoms in total. The predicted octanol–water partition coefficient (Wildman–Crippen LogP) is 2.88. The first kappa shape index (κ1) is 12.5. The molecule has 4 heteroatoms. The fraction of sp³-hybridized carbons (Fsp3) is 0.778. The molecule has 0 aliphatic heterocycles. The molecule has 0 saturated carbocycles. The average Bonchev–Trinajstić information content (AvgIpc) is 1.98. The molecule has 0 amide bonds. The van der Waals surface area contributed by atoms with E-state index < -0.39 is 12.6 Å². The zero-order valence-corrected chi connectivity index (χ0v) is 7.82. The highest BCUT2D eigenvalue weighted by Gasteiger charge is 2.26. The lowest BCUT2D eigenvalue weighted by Gasteiger charge is -2.12. The highest BCUT2D eigenvalue weighted by Crippen LogP contribution is 2.22. The third-order valence-corrected chi connectivity index (χ3v) is 1.71. The normalized spacial score (nSPS) is 14.2. The highest BCUT2D eigenvalue weighted by atomic mass is 19.4. The zero-order valence-electron chi connectivity index (χ0n) is 7.82. The van der Waals surface area contributed by atoms with E-state index in [2.05, 4.69) is 11.9 Å². The van der Waals surface area contributed by atoms with E-state index >= 15 is 0 Å². The summed E-state index contributed by atoms with van der Waals surface area (Å²) in [4.78, 5) is 0. The van der Waals surface area contributed by atoms with Crippen LogP contribution >= 0.6 is 0 Å². The molecule has 0 radical (unpaired) electrons. The van der Waals surface area contributed by atoms with Crippen LogP contribution in [0.4, 0.5) is 13.2 Å². The van der Waals surface area contributed by atoms with Gasteiger partial charge < -0.3 is 5.32 Å². The topological polar surface area (TPSA) is 12.0 Å². The van der Waals surface area contributed by atoms with Gasteiger partial charge in [0, 0.05) is 19.0 Å². The van der Waals surface area contributed by atoms with Crippen molar-refractivity contribution in [3.63, 3.8) is 0 Å². The smallest absolute Gasteiger partial charge is 0.311 e. The number of hydrogen-bond acceptors (Lipinski definition) is 1. The summed E-state index contributed by atoms with van der Waals surface area (Å²) in [6.45, 7) is 6.03. The average molecular weight is 195 g/mol. The molecule has 1 N–H and O–H groups in total. The lowest BCUT2D eigenvalue weighted by atomic mass is 10.1. The second-order valence-electron chi connectivity index (χ2n) is 3.11. The van der Waals surface area contributed by atoms with Gasteiger partial charge in [-0.2, -0.15) is 13.2 Å². The van der Waals surface area contributed by atoms with Crippen LogP contribution in [-0.4, -0.2) is 18.8 Å². The maximum Gasteiger partial charge on any atom is 0.389 e. The van der Waals surface area contributed by atoms with Crippen molar-refractivity contribution in [3.05, 3.63) is 12.7 Å². The van der Waals surface area contributed by atoms with Crippen LogP contribution in [0.15, 0.2) is 12.7 Å². The quantitative estimate of drug-likeness (QED) is 0.642. The molecule has 0 bridgehead atoms. The van der Waals surface area contributed by atoms with Crippen LogP contribution in [0.25, 0.3) is 0 Å². The summed E-state index contributed by atoms with van der Waals surface area (Å²) in [5, 5.41) is 3.03. The Hall–Kier alpha value is -0.510. The molecule has 0 aliphatic rings. The second-order valence-corrected chi connectivity index (χ2v) is 3.11. The maximum absolute atomic E-state index is 11.7. The Bertz CT molecular complexity index is 142. The van der Waals surface area contributed by atoms with Crippen LogP contribution in [0.3, 0.4) is 0 Å². The van der Waals surface area contributed by atoms with Crippen LogP contribution in [0.5, 0.6) is 0 Å². The van der Waals surface area contributed by atoms with Crippen molar-refractivity contribution in [1.82, 2.24) is 5.32 Å². The van der Waals surface area contributed by atoms with E-state index in [0.717, 1.165) is 0 Å². The van der Waals surface area contributed by atoms with Crippen LogP contribution < -0.4 is 5.32 Å². The minimum absolute atomic E-state index is 0.125. The van der Waals surface area contributed by atoms with Crippen molar-refractivity contribution in [2.45, 2.75) is 38.4 Å². The van der Waals surface area contributed by atoms with Crippen LogP contribution in [0.1, 0.15) is 26.2 Å². The summed E-state index contributed by atoms with van der Waals surface area (Å²) in [5.74, 6) is 0. The van der Waals surface area contributed by atoms with Gasteiger partial charge in [0.15, 0.2) is 0 Å². The Kier molecular flexibility index (Phi) is 5.79. The van der Waals surface area contributed by atoms with Crippen molar-refractivity contribution < 1.29 is 13.2 Å². The third-order valence-electron chi connectivity index (χ3n) is 1.71. The fourth-order valence-corrected chi connectivity index (χ4v) is 0.995. The molecule has 1 unspecified atom stereocenters. The molecule has 0 saturated heterocycles. The van der Waals surface area contributed by atoms with Crippen LogP contribution in [0, 0.1) is 0 Å². The summed E-state index contributed by atoms with van der Waals surface area (Å²) in [5.41, 5.74) is 0. The van der Waals surface area contributed by atoms with Gasteiger partial charge in [0.05, 0.1) is 0 Å². The van der Waals surface area contributed by atoms with Gasteiger partial charge in [0.2, 0.25) is 0 Å². The number of halogens is 3. The maximum atomic E-state index is 11.7. The SMILES string of the molecule is C=CCNC(C)CCCC(F)(F)F. The molecule has 13 heavy (non-hydrogen) atoms. The molecule has 1 atom stereocenters.